The van der Waals surface area contributed by atoms with Crippen molar-refractivity contribution in [2.45, 2.75) is 19.4 Å². The molecule has 19 heavy (non-hydrogen) atoms. The maximum Gasteiger partial charge on any atom is 0.184 e. The summed E-state index contributed by atoms with van der Waals surface area (Å²) in [4.78, 5) is 0. The second-order valence-electron chi connectivity index (χ2n) is 4.48. The van der Waals surface area contributed by atoms with Crippen LogP contribution in [-0.2, 0) is 6.42 Å². The minimum atomic E-state index is -0.552. The first-order chi connectivity index (χ1) is 9.06. The van der Waals surface area contributed by atoms with Crippen LogP contribution in [0.15, 0.2) is 42.5 Å². The number of hydrogen-bond acceptors (Lipinski definition) is 2. The van der Waals surface area contributed by atoms with Gasteiger partial charge in [-0.15, -0.1) is 0 Å². The lowest BCUT2D eigenvalue weighted by atomic mass is 10.1. The van der Waals surface area contributed by atoms with E-state index in [1.165, 1.54) is 12.1 Å². The van der Waals surface area contributed by atoms with Gasteiger partial charge < -0.3 is 10.5 Å². The fourth-order valence-electron chi connectivity index (χ4n) is 1.76. The van der Waals surface area contributed by atoms with E-state index in [1.54, 1.807) is 18.2 Å². The molecule has 0 bridgehead atoms. The largest absolute Gasteiger partial charge is 0.454 e. The van der Waals surface area contributed by atoms with Gasteiger partial charge >= 0.3 is 0 Å². The van der Waals surface area contributed by atoms with Crippen LogP contribution in [0.25, 0.3) is 0 Å². The number of hydrogen-bond donors (Lipinski definition) is 1. The molecule has 0 heterocycles. The van der Waals surface area contributed by atoms with Crippen LogP contribution in [0.1, 0.15) is 12.5 Å². The fourth-order valence-corrected chi connectivity index (χ4v) is 1.92. The molecule has 0 fully saturated rings. The highest BCUT2D eigenvalue weighted by Crippen LogP contribution is 2.28. The number of ether oxygens (including phenoxy) is 1. The topological polar surface area (TPSA) is 35.2 Å². The van der Waals surface area contributed by atoms with E-state index in [1.807, 2.05) is 19.1 Å². The highest BCUT2D eigenvalue weighted by atomic mass is 35.5. The minimum absolute atomic E-state index is 0.0473. The Morgan fingerprint density at radius 2 is 1.89 bits per heavy atom. The molecular weight excluding hydrogens is 265 g/mol. The Kier molecular flexibility index (Phi) is 4.40. The molecule has 1 atom stereocenters. The van der Waals surface area contributed by atoms with Gasteiger partial charge in [-0.1, -0.05) is 29.8 Å². The van der Waals surface area contributed by atoms with Crippen molar-refractivity contribution in [3.05, 3.63) is 58.9 Å². The predicted octanol–water partition coefficient (Wildman–Crippen LogP) is 4.16. The molecule has 2 aromatic rings. The second-order valence-corrected chi connectivity index (χ2v) is 4.89. The maximum atomic E-state index is 13.7. The SMILES string of the molecule is CC(N)Cc1ccc(Oc2cccc(Cl)c2F)cc1. The quantitative estimate of drug-likeness (QED) is 0.912. The zero-order valence-electron chi connectivity index (χ0n) is 10.6. The molecule has 2 rings (SSSR count). The van der Waals surface area contributed by atoms with Gasteiger partial charge in [-0.05, 0) is 43.2 Å². The maximum absolute atomic E-state index is 13.7. The van der Waals surface area contributed by atoms with Gasteiger partial charge in [0.2, 0.25) is 0 Å². The molecule has 100 valence electrons. The summed E-state index contributed by atoms with van der Waals surface area (Å²) in [5, 5.41) is 0.0473. The zero-order chi connectivity index (χ0) is 13.8. The Hall–Kier alpha value is -1.58. The lowest BCUT2D eigenvalue weighted by Crippen LogP contribution is -2.17. The van der Waals surface area contributed by atoms with E-state index in [9.17, 15) is 4.39 Å². The third kappa shape index (κ3) is 3.69. The molecule has 4 heteroatoms. The van der Waals surface area contributed by atoms with Crippen LogP contribution < -0.4 is 10.5 Å². The summed E-state index contributed by atoms with van der Waals surface area (Å²) in [6.07, 6.45) is 0.797. The lowest BCUT2D eigenvalue weighted by molar-refractivity contribution is 0.442. The van der Waals surface area contributed by atoms with Crippen molar-refractivity contribution >= 4 is 11.6 Å². The lowest BCUT2D eigenvalue weighted by Gasteiger charge is -2.09. The van der Waals surface area contributed by atoms with Crippen molar-refractivity contribution in [2.24, 2.45) is 5.73 Å². The fraction of sp³-hybridized carbons (Fsp3) is 0.200. The van der Waals surface area contributed by atoms with Crippen LogP contribution in [0, 0.1) is 5.82 Å². The van der Waals surface area contributed by atoms with Crippen LogP contribution in [0.3, 0.4) is 0 Å². The average molecular weight is 280 g/mol. The molecule has 0 aromatic heterocycles. The van der Waals surface area contributed by atoms with E-state index in [-0.39, 0.29) is 16.8 Å². The molecule has 1 unspecified atom stereocenters. The van der Waals surface area contributed by atoms with Crippen molar-refractivity contribution in [3.63, 3.8) is 0 Å². The molecule has 0 amide bonds. The molecule has 2 N–H and O–H groups in total. The van der Waals surface area contributed by atoms with Crippen LogP contribution >= 0.6 is 11.6 Å². The molecule has 0 aliphatic carbocycles. The second kappa shape index (κ2) is 6.04. The third-order valence-corrected chi connectivity index (χ3v) is 2.92. The van der Waals surface area contributed by atoms with Crippen LogP contribution in [0.2, 0.25) is 5.02 Å². The van der Waals surface area contributed by atoms with Gasteiger partial charge in [-0.3, -0.25) is 0 Å². The molecule has 0 aliphatic rings. The van der Waals surface area contributed by atoms with Gasteiger partial charge in [0.25, 0.3) is 0 Å². The molecule has 0 aliphatic heterocycles. The van der Waals surface area contributed by atoms with Crippen LogP contribution in [-0.4, -0.2) is 6.04 Å². The minimum Gasteiger partial charge on any atom is -0.454 e. The van der Waals surface area contributed by atoms with Gasteiger partial charge in [0, 0.05) is 6.04 Å². The monoisotopic (exact) mass is 279 g/mol. The Morgan fingerprint density at radius 3 is 2.53 bits per heavy atom. The normalized spacial score (nSPS) is 12.2. The van der Waals surface area contributed by atoms with Crippen molar-refractivity contribution in [1.82, 2.24) is 0 Å². The first-order valence-electron chi connectivity index (χ1n) is 6.02. The van der Waals surface area contributed by atoms with Gasteiger partial charge in [-0.2, -0.15) is 0 Å². The van der Waals surface area contributed by atoms with E-state index in [2.05, 4.69) is 0 Å². The Morgan fingerprint density at radius 1 is 1.21 bits per heavy atom. The molecule has 2 nitrogen and oxygen atoms in total. The van der Waals surface area contributed by atoms with Gasteiger partial charge in [0.15, 0.2) is 11.6 Å². The third-order valence-electron chi connectivity index (χ3n) is 2.63. The Bertz CT molecular complexity index is 555. The van der Waals surface area contributed by atoms with Gasteiger partial charge in [0.1, 0.15) is 5.75 Å². The smallest absolute Gasteiger partial charge is 0.184 e. The van der Waals surface area contributed by atoms with Crippen molar-refractivity contribution < 1.29 is 9.13 Å². The molecular formula is C15H15ClFNO. The first-order valence-corrected chi connectivity index (χ1v) is 6.40. The van der Waals surface area contributed by atoms with E-state index in [0.29, 0.717) is 5.75 Å². The number of nitrogens with two attached hydrogens (primary N) is 1. The zero-order valence-corrected chi connectivity index (χ0v) is 11.3. The van der Waals surface area contributed by atoms with E-state index in [0.717, 1.165) is 12.0 Å². The van der Waals surface area contributed by atoms with E-state index in [4.69, 9.17) is 22.1 Å². The molecule has 0 spiro atoms. The molecule has 0 radical (unpaired) electrons. The summed E-state index contributed by atoms with van der Waals surface area (Å²) in [5.74, 6) is 0.130. The number of halogens is 2. The summed E-state index contributed by atoms with van der Waals surface area (Å²) in [5.41, 5.74) is 6.85. The predicted molar refractivity (Wildman–Crippen MR) is 75.3 cm³/mol. The van der Waals surface area contributed by atoms with Crippen LogP contribution in [0.5, 0.6) is 11.5 Å². The van der Waals surface area contributed by atoms with Gasteiger partial charge in [-0.25, -0.2) is 4.39 Å². The standard InChI is InChI=1S/C15H15ClFNO/c1-10(18)9-11-5-7-12(8-6-11)19-14-4-2-3-13(16)15(14)17/h2-8,10H,9,18H2,1H3. The first kappa shape index (κ1) is 13.8. The summed E-state index contributed by atoms with van der Waals surface area (Å²) in [7, 11) is 0. The molecule has 0 saturated carbocycles. The molecule has 0 saturated heterocycles. The highest BCUT2D eigenvalue weighted by Gasteiger charge is 2.08. The number of benzene rings is 2. The Labute approximate surface area is 117 Å². The summed E-state index contributed by atoms with van der Waals surface area (Å²) in [6.45, 7) is 1.95. The van der Waals surface area contributed by atoms with Crippen molar-refractivity contribution in [1.29, 1.82) is 0 Å². The molecule has 2 aromatic carbocycles. The van der Waals surface area contributed by atoms with Crippen LogP contribution in [0.4, 0.5) is 4.39 Å². The summed E-state index contributed by atoms with van der Waals surface area (Å²) in [6, 6.07) is 12.2. The van der Waals surface area contributed by atoms with E-state index < -0.39 is 5.82 Å². The Balaban J connectivity index is 2.13. The van der Waals surface area contributed by atoms with E-state index >= 15 is 0 Å². The van der Waals surface area contributed by atoms with Crippen molar-refractivity contribution in [2.75, 3.05) is 0 Å². The summed E-state index contributed by atoms with van der Waals surface area (Å²) >= 11 is 5.69. The summed E-state index contributed by atoms with van der Waals surface area (Å²) < 4.78 is 19.1. The van der Waals surface area contributed by atoms with Gasteiger partial charge in [0.05, 0.1) is 5.02 Å². The highest BCUT2D eigenvalue weighted by molar-refractivity contribution is 6.30. The average Bonchev–Trinajstić information content (AvgIpc) is 2.37. The number of rotatable bonds is 4. The van der Waals surface area contributed by atoms with Crippen molar-refractivity contribution in [3.8, 4) is 11.5 Å².